The molecule has 2 N–H and O–H groups in total. The predicted molar refractivity (Wildman–Crippen MR) is 102 cm³/mol. The van der Waals surface area contributed by atoms with Crippen LogP contribution >= 0.6 is 11.6 Å². The maximum absolute atomic E-state index is 12.5. The van der Waals surface area contributed by atoms with Gasteiger partial charge in [-0.2, -0.15) is 0 Å². The van der Waals surface area contributed by atoms with Gasteiger partial charge in [0, 0.05) is 12.5 Å². The largest absolute Gasteiger partial charge is 0.482 e. The van der Waals surface area contributed by atoms with Crippen molar-refractivity contribution in [3.63, 3.8) is 0 Å². The quantitative estimate of drug-likeness (QED) is 0.792. The minimum Gasteiger partial charge on any atom is -0.482 e. The second-order valence-electron chi connectivity index (χ2n) is 6.10. The molecule has 7 nitrogen and oxygen atoms in total. The van der Waals surface area contributed by atoms with E-state index in [9.17, 15) is 18.0 Å². The number of rotatable bonds is 5. The van der Waals surface area contributed by atoms with E-state index in [0.29, 0.717) is 16.4 Å². The zero-order valence-electron chi connectivity index (χ0n) is 14.4. The standard InChI is InChI=1S/C18H17ClN2O5S/c1-11-2-4-14(13(19)8-11)20-17(22)6-7-27(24,25)12-3-5-15-16(9-12)26-10-18(23)21-15/h2-5,8-9H,6-7,10H2,1H3,(H,20,22)(H,21,23). The van der Waals surface area contributed by atoms with Gasteiger partial charge in [-0.3, -0.25) is 9.59 Å². The molecule has 1 aliphatic heterocycles. The number of anilines is 2. The van der Waals surface area contributed by atoms with E-state index in [1.54, 1.807) is 18.2 Å². The van der Waals surface area contributed by atoms with Crippen LogP contribution in [0.15, 0.2) is 41.3 Å². The van der Waals surface area contributed by atoms with Gasteiger partial charge in [-0.25, -0.2) is 8.42 Å². The van der Waals surface area contributed by atoms with E-state index in [1.807, 2.05) is 6.92 Å². The minimum atomic E-state index is -3.70. The highest BCUT2D eigenvalue weighted by Crippen LogP contribution is 2.30. The van der Waals surface area contributed by atoms with Crippen LogP contribution in [0, 0.1) is 6.92 Å². The Kier molecular flexibility index (Phi) is 5.38. The van der Waals surface area contributed by atoms with Crippen molar-refractivity contribution >= 4 is 44.6 Å². The van der Waals surface area contributed by atoms with E-state index in [-0.39, 0.29) is 35.3 Å². The van der Waals surface area contributed by atoms with Gasteiger partial charge in [-0.1, -0.05) is 17.7 Å². The van der Waals surface area contributed by atoms with Gasteiger partial charge in [0.2, 0.25) is 5.91 Å². The lowest BCUT2D eigenvalue weighted by atomic mass is 10.2. The van der Waals surface area contributed by atoms with Crippen molar-refractivity contribution in [1.82, 2.24) is 0 Å². The first-order chi connectivity index (χ1) is 12.7. The number of benzene rings is 2. The second-order valence-corrected chi connectivity index (χ2v) is 8.61. The summed E-state index contributed by atoms with van der Waals surface area (Å²) in [5, 5.41) is 5.59. The molecule has 0 spiro atoms. The van der Waals surface area contributed by atoms with Crippen LogP contribution in [0.25, 0.3) is 0 Å². The number of ether oxygens (including phenoxy) is 1. The van der Waals surface area contributed by atoms with Crippen LogP contribution in [0.5, 0.6) is 5.75 Å². The molecular formula is C18H17ClN2O5S. The first-order valence-electron chi connectivity index (χ1n) is 8.10. The summed E-state index contributed by atoms with van der Waals surface area (Å²) < 4.78 is 30.2. The summed E-state index contributed by atoms with van der Waals surface area (Å²) >= 11 is 6.06. The number of nitrogens with one attached hydrogen (secondary N) is 2. The van der Waals surface area contributed by atoms with Crippen molar-refractivity contribution in [2.45, 2.75) is 18.2 Å². The molecule has 2 amide bonds. The van der Waals surface area contributed by atoms with Gasteiger partial charge in [0.15, 0.2) is 16.4 Å². The Balaban J connectivity index is 1.66. The summed E-state index contributed by atoms with van der Waals surface area (Å²) in [6, 6.07) is 9.35. The third-order valence-electron chi connectivity index (χ3n) is 3.94. The Labute approximate surface area is 161 Å². The molecule has 9 heteroatoms. The molecule has 0 bridgehead atoms. The molecule has 0 saturated heterocycles. The molecule has 0 saturated carbocycles. The monoisotopic (exact) mass is 408 g/mol. The number of amides is 2. The second kappa shape index (κ2) is 7.58. The van der Waals surface area contributed by atoms with Gasteiger partial charge in [0.1, 0.15) is 5.75 Å². The lowest BCUT2D eigenvalue weighted by Gasteiger charge is -2.18. The molecule has 0 aromatic heterocycles. The van der Waals surface area contributed by atoms with Crippen molar-refractivity contribution in [1.29, 1.82) is 0 Å². The third kappa shape index (κ3) is 4.58. The number of carbonyl (C=O) groups is 2. The number of hydrogen-bond acceptors (Lipinski definition) is 5. The first kappa shape index (κ1) is 19.2. The lowest BCUT2D eigenvalue weighted by Crippen LogP contribution is -2.25. The topological polar surface area (TPSA) is 102 Å². The average Bonchev–Trinajstić information content (AvgIpc) is 2.62. The van der Waals surface area contributed by atoms with Crippen LogP contribution in [0.1, 0.15) is 12.0 Å². The number of sulfone groups is 1. The third-order valence-corrected chi connectivity index (χ3v) is 5.97. The molecule has 1 heterocycles. The Bertz CT molecular complexity index is 1020. The lowest BCUT2D eigenvalue weighted by molar-refractivity contribution is -0.118. The molecule has 0 aliphatic carbocycles. The molecule has 2 aromatic carbocycles. The molecule has 0 radical (unpaired) electrons. The van der Waals surface area contributed by atoms with E-state index in [4.69, 9.17) is 16.3 Å². The molecule has 142 valence electrons. The highest BCUT2D eigenvalue weighted by Gasteiger charge is 2.22. The summed E-state index contributed by atoms with van der Waals surface area (Å²) in [7, 11) is -3.70. The van der Waals surface area contributed by atoms with Crippen LogP contribution in [-0.2, 0) is 19.4 Å². The van der Waals surface area contributed by atoms with Gasteiger partial charge < -0.3 is 15.4 Å². The number of fused-ring (bicyclic) bond motifs is 1. The molecule has 1 aliphatic rings. The van der Waals surface area contributed by atoms with Crippen molar-refractivity contribution in [3.05, 3.63) is 47.0 Å². The Hall–Kier alpha value is -2.58. The number of carbonyl (C=O) groups excluding carboxylic acids is 2. The van der Waals surface area contributed by atoms with Gasteiger partial charge >= 0.3 is 0 Å². The van der Waals surface area contributed by atoms with Gasteiger partial charge in [0.25, 0.3) is 5.91 Å². The fraction of sp³-hybridized carbons (Fsp3) is 0.222. The molecule has 3 rings (SSSR count). The van der Waals surface area contributed by atoms with Gasteiger partial charge in [0.05, 0.1) is 27.0 Å². The van der Waals surface area contributed by atoms with Crippen molar-refractivity contribution in [2.24, 2.45) is 0 Å². The van der Waals surface area contributed by atoms with Crippen molar-refractivity contribution in [2.75, 3.05) is 23.0 Å². The van der Waals surface area contributed by atoms with E-state index in [1.165, 1.54) is 18.2 Å². The molecule has 0 unspecified atom stereocenters. The normalized spacial score (nSPS) is 13.3. The maximum Gasteiger partial charge on any atom is 0.262 e. The Morgan fingerprint density at radius 3 is 2.78 bits per heavy atom. The molecule has 0 fully saturated rings. The highest BCUT2D eigenvalue weighted by atomic mass is 35.5. The smallest absolute Gasteiger partial charge is 0.262 e. The molecule has 2 aromatic rings. The molecule has 0 atom stereocenters. The fourth-order valence-corrected chi connectivity index (χ4v) is 4.06. The van der Waals surface area contributed by atoms with Crippen molar-refractivity contribution in [3.8, 4) is 5.75 Å². The summed E-state index contributed by atoms with van der Waals surface area (Å²) in [4.78, 5) is 23.4. The molecule has 27 heavy (non-hydrogen) atoms. The van der Waals surface area contributed by atoms with Crippen molar-refractivity contribution < 1.29 is 22.7 Å². The average molecular weight is 409 g/mol. The van der Waals surface area contributed by atoms with E-state index in [2.05, 4.69) is 10.6 Å². The number of hydrogen-bond donors (Lipinski definition) is 2. The van der Waals surface area contributed by atoms with Crippen LogP contribution in [-0.4, -0.2) is 32.6 Å². The Morgan fingerprint density at radius 1 is 1.26 bits per heavy atom. The zero-order chi connectivity index (χ0) is 19.6. The van der Waals surface area contributed by atoms with E-state index in [0.717, 1.165) is 5.56 Å². The SMILES string of the molecule is Cc1ccc(NC(=O)CCS(=O)(=O)c2ccc3c(c2)OCC(=O)N3)c(Cl)c1. The van der Waals surface area contributed by atoms with Gasteiger partial charge in [-0.05, 0) is 36.8 Å². The van der Waals surface area contributed by atoms with Crippen LogP contribution in [0.2, 0.25) is 5.02 Å². The highest BCUT2D eigenvalue weighted by molar-refractivity contribution is 7.91. The summed E-state index contributed by atoms with van der Waals surface area (Å²) in [6.07, 6.45) is -0.221. The predicted octanol–water partition coefficient (Wildman–Crippen LogP) is 2.78. The van der Waals surface area contributed by atoms with E-state index < -0.39 is 15.7 Å². The van der Waals surface area contributed by atoms with Gasteiger partial charge in [-0.15, -0.1) is 0 Å². The fourth-order valence-electron chi connectivity index (χ4n) is 2.53. The first-order valence-corrected chi connectivity index (χ1v) is 10.1. The van der Waals surface area contributed by atoms with Crippen LogP contribution in [0.3, 0.4) is 0 Å². The zero-order valence-corrected chi connectivity index (χ0v) is 16.0. The maximum atomic E-state index is 12.5. The van der Waals surface area contributed by atoms with Crippen LogP contribution < -0.4 is 15.4 Å². The number of aryl methyl sites for hydroxylation is 1. The number of halogens is 1. The summed E-state index contributed by atoms with van der Waals surface area (Å²) in [5.41, 5.74) is 1.80. The minimum absolute atomic E-state index is 0.0265. The summed E-state index contributed by atoms with van der Waals surface area (Å²) in [5.74, 6) is -0.838. The Morgan fingerprint density at radius 2 is 2.04 bits per heavy atom. The molecular weight excluding hydrogens is 392 g/mol. The summed E-state index contributed by atoms with van der Waals surface area (Å²) in [6.45, 7) is 1.70. The van der Waals surface area contributed by atoms with E-state index >= 15 is 0 Å². The van der Waals surface area contributed by atoms with Crippen LogP contribution in [0.4, 0.5) is 11.4 Å².